The van der Waals surface area contributed by atoms with Crippen LogP contribution in [0.5, 0.6) is 0 Å². The standard InChI is InChI=1S/C12H11ClF2N2O/c1-6(7-4-16-5-7)12(18)17-11-9(13)2-8(14)3-10(11)15/h2-3,16H,4-5H2,1H3,(H,17,18). The molecule has 96 valence electrons. The quantitative estimate of drug-likeness (QED) is 0.812. The molecule has 6 heteroatoms. The van der Waals surface area contributed by atoms with Gasteiger partial charge in [-0.3, -0.25) is 4.79 Å². The van der Waals surface area contributed by atoms with E-state index in [2.05, 4.69) is 10.6 Å². The number of carbonyl (C=O) groups is 1. The minimum atomic E-state index is -0.891. The van der Waals surface area contributed by atoms with Gasteiger partial charge in [-0.2, -0.15) is 0 Å². The highest BCUT2D eigenvalue weighted by molar-refractivity contribution is 6.34. The second-order valence-electron chi connectivity index (χ2n) is 4.03. The normalized spacial score (nSPS) is 14.1. The van der Waals surface area contributed by atoms with Gasteiger partial charge in [0.15, 0.2) is 5.82 Å². The Morgan fingerprint density at radius 2 is 2.06 bits per heavy atom. The summed E-state index contributed by atoms with van der Waals surface area (Å²) in [5.41, 5.74) is 1.29. The van der Waals surface area contributed by atoms with Gasteiger partial charge < -0.3 is 10.6 Å². The molecule has 0 radical (unpaired) electrons. The van der Waals surface area contributed by atoms with Crippen molar-refractivity contribution in [2.24, 2.45) is 0 Å². The smallest absolute Gasteiger partial charge is 0.251 e. The Morgan fingerprint density at radius 1 is 1.39 bits per heavy atom. The molecule has 1 aliphatic heterocycles. The molecule has 1 aromatic rings. The Labute approximate surface area is 108 Å². The maximum Gasteiger partial charge on any atom is 0.251 e. The third kappa shape index (κ3) is 2.52. The summed E-state index contributed by atoms with van der Waals surface area (Å²) in [5.74, 6) is -2.11. The topological polar surface area (TPSA) is 41.1 Å². The van der Waals surface area contributed by atoms with Crippen molar-refractivity contribution in [3.63, 3.8) is 0 Å². The lowest BCUT2D eigenvalue weighted by molar-refractivity contribution is -0.112. The van der Waals surface area contributed by atoms with Crippen molar-refractivity contribution >= 4 is 23.2 Å². The highest BCUT2D eigenvalue weighted by Crippen LogP contribution is 2.27. The molecule has 0 bridgehead atoms. The van der Waals surface area contributed by atoms with Gasteiger partial charge in [-0.1, -0.05) is 11.6 Å². The third-order valence-electron chi connectivity index (χ3n) is 2.79. The van der Waals surface area contributed by atoms with E-state index in [0.717, 1.165) is 11.6 Å². The van der Waals surface area contributed by atoms with Crippen LogP contribution in [0.15, 0.2) is 23.3 Å². The fraction of sp³-hybridized carbons (Fsp3) is 0.250. The van der Waals surface area contributed by atoms with Gasteiger partial charge in [0.05, 0.1) is 10.7 Å². The van der Waals surface area contributed by atoms with Gasteiger partial charge >= 0.3 is 0 Å². The van der Waals surface area contributed by atoms with E-state index in [1.807, 2.05) is 0 Å². The Balaban J connectivity index is 2.22. The molecule has 0 spiro atoms. The van der Waals surface area contributed by atoms with Crippen molar-refractivity contribution in [1.82, 2.24) is 5.32 Å². The minimum Gasteiger partial charge on any atom is -0.319 e. The van der Waals surface area contributed by atoms with E-state index in [0.29, 0.717) is 24.7 Å². The molecule has 1 fully saturated rings. The fourth-order valence-corrected chi connectivity index (χ4v) is 1.79. The van der Waals surface area contributed by atoms with Crippen LogP contribution >= 0.6 is 11.6 Å². The first-order valence-corrected chi connectivity index (χ1v) is 5.72. The molecular weight excluding hydrogens is 262 g/mol. The number of benzene rings is 1. The summed E-state index contributed by atoms with van der Waals surface area (Å²) in [6.07, 6.45) is 0. The lowest BCUT2D eigenvalue weighted by Gasteiger charge is -2.21. The van der Waals surface area contributed by atoms with Gasteiger partial charge in [0.2, 0.25) is 0 Å². The summed E-state index contributed by atoms with van der Waals surface area (Å²) in [5, 5.41) is 5.20. The highest BCUT2D eigenvalue weighted by Gasteiger charge is 2.18. The Morgan fingerprint density at radius 3 is 2.56 bits per heavy atom. The van der Waals surface area contributed by atoms with Gasteiger partial charge in [-0.05, 0) is 18.6 Å². The van der Waals surface area contributed by atoms with Gasteiger partial charge in [0, 0.05) is 24.7 Å². The van der Waals surface area contributed by atoms with Crippen LogP contribution in [-0.2, 0) is 4.79 Å². The van der Waals surface area contributed by atoms with E-state index in [1.165, 1.54) is 0 Å². The monoisotopic (exact) mass is 272 g/mol. The number of anilines is 1. The van der Waals surface area contributed by atoms with Crippen LogP contribution < -0.4 is 10.6 Å². The first-order chi connectivity index (χ1) is 8.49. The maximum atomic E-state index is 13.5. The molecule has 0 saturated carbocycles. The van der Waals surface area contributed by atoms with E-state index in [4.69, 9.17) is 11.6 Å². The second kappa shape index (κ2) is 5.04. The molecule has 3 nitrogen and oxygen atoms in total. The number of hydrogen-bond acceptors (Lipinski definition) is 2. The molecule has 0 aliphatic carbocycles. The van der Waals surface area contributed by atoms with E-state index in [1.54, 1.807) is 6.92 Å². The fourth-order valence-electron chi connectivity index (χ4n) is 1.54. The van der Waals surface area contributed by atoms with Crippen LogP contribution in [-0.4, -0.2) is 19.0 Å². The van der Waals surface area contributed by atoms with Gasteiger partial charge in [0.25, 0.3) is 5.91 Å². The summed E-state index contributed by atoms with van der Waals surface area (Å²) < 4.78 is 26.3. The molecule has 0 aromatic heterocycles. The summed E-state index contributed by atoms with van der Waals surface area (Å²) in [6.45, 7) is 2.96. The molecule has 2 N–H and O–H groups in total. The molecule has 1 saturated heterocycles. The summed E-state index contributed by atoms with van der Waals surface area (Å²) in [7, 11) is 0. The lowest BCUT2D eigenvalue weighted by Crippen LogP contribution is -2.36. The van der Waals surface area contributed by atoms with Crippen LogP contribution in [0.25, 0.3) is 0 Å². The second-order valence-corrected chi connectivity index (χ2v) is 4.44. The average molecular weight is 273 g/mol. The number of halogens is 3. The van der Waals surface area contributed by atoms with Crippen molar-refractivity contribution in [2.75, 3.05) is 18.4 Å². The number of hydrogen-bond donors (Lipinski definition) is 2. The summed E-state index contributed by atoms with van der Waals surface area (Å²) >= 11 is 5.69. The molecule has 0 unspecified atom stereocenters. The predicted molar refractivity (Wildman–Crippen MR) is 65.6 cm³/mol. The molecule has 1 aliphatic rings. The van der Waals surface area contributed by atoms with Gasteiger partial charge in [-0.15, -0.1) is 0 Å². The SMILES string of the molecule is CC(C(=O)Nc1c(F)cc(F)cc1Cl)=C1CNC1. The maximum absolute atomic E-state index is 13.5. The lowest BCUT2D eigenvalue weighted by atomic mass is 10.0. The number of rotatable bonds is 2. The molecular formula is C12H11ClF2N2O. The van der Waals surface area contributed by atoms with Gasteiger partial charge in [-0.25, -0.2) is 8.78 Å². The van der Waals surface area contributed by atoms with Crippen molar-refractivity contribution in [3.05, 3.63) is 39.9 Å². The van der Waals surface area contributed by atoms with Crippen LogP contribution in [0, 0.1) is 11.6 Å². The highest BCUT2D eigenvalue weighted by atomic mass is 35.5. The third-order valence-corrected chi connectivity index (χ3v) is 3.09. The summed E-state index contributed by atoms with van der Waals surface area (Å²) in [4.78, 5) is 11.8. The zero-order valence-electron chi connectivity index (χ0n) is 9.61. The van der Waals surface area contributed by atoms with Crippen LogP contribution in [0.1, 0.15) is 6.92 Å². The predicted octanol–water partition coefficient (Wildman–Crippen LogP) is 2.48. The molecule has 2 rings (SSSR count). The molecule has 18 heavy (non-hydrogen) atoms. The molecule has 0 atom stereocenters. The largest absolute Gasteiger partial charge is 0.319 e. The van der Waals surface area contributed by atoms with Crippen LogP contribution in [0.4, 0.5) is 14.5 Å². The summed E-state index contributed by atoms with van der Waals surface area (Å²) in [6, 6.07) is 1.63. The van der Waals surface area contributed by atoms with Gasteiger partial charge in [0.1, 0.15) is 5.82 Å². The number of carbonyl (C=O) groups excluding carboxylic acids is 1. The van der Waals surface area contributed by atoms with Crippen molar-refractivity contribution < 1.29 is 13.6 Å². The Hall–Kier alpha value is -1.46. The van der Waals surface area contributed by atoms with Crippen LogP contribution in [0.3, 0.4) is 0 Å². The van der Waals surface area contributed by atoms with Crippen LogP contribution in [0.2, 0.25) is 5.02 Å². The minimum absolute atomic E-state index is 0.162. The van der Waals surface area contributed by atoms with Crippen molar-refractivity contribution in [3.8, 4) is 0 Å². The molecule has 1 heterocycles. The van der Waals surface area contributed by atoms with E-state index in [-0.39, 0.29) is 10.7 Å². The van der Waals surface area contributed by atoms with Crippen molar-refractivity contribution in [2.45, 2.75) is 6.92 Å². The van der Waals surface area contributed by atoms with E-state index >= 15 is 0 Å². The number of nitrogens with one attached hydrogen (secondary N) is 2. The number of amides is 1. The zero-order chi connectivity index (χ0) is 13.3. The molecule has 1 amide bonds. The first kappa shape index (κ1) is 13.0. The van der Waals surface area contributed by atoms with E-state index < -0.39 is 17.5 Å². The Kier molecular flexibility index (Phi) is 3.63. The Bertz CT molecular complexity index is 514. The zero-order valence-corrected chi connectivity index (χ0v) is 10.4. The van der Waals surface area contributed by atoms with Crippen molar-refractivity contribution in [1.29, 1.82) is 0 Å². The van der Waals surface area contributed by atoms with E-state index in [9.17, 15) is 13.6 Å². The molecule has 1 aromatic carbocycles. The first-order valence-electron chi connectivity index (χ1n) is 5.34. The average Bonchev–Trinajstić information content (AvgIpc) is 2.20.